The highest BCUT2D eigenvalue weighted by Gasteiger charge is 2.30. The molecule has 0 unspecified atom stereocenters. The van der Waals surface area contributed by atoms with E-state index >= 15 is 0 Å². The molecule has 4 nitrogen and oxygen atoms in total. The van der Waals surface area contributed by atoms with Gasteiger partial charge in [-0.1, -0.05) is 29.8 Å². The Balaban J connectivity index is 2.08. The number of aryl methyl sites for hydroxylation is 2. The highest BCUT2D eigenvalue weighted by atomic mass is 19.4. The van der Waals surface area contributed by atoms with Crippen LogP contribution in [-0.2, 0) is 6.18 Å². The maximum atomic E-state index is 12.7. The van der Waals surface area contributed by atoms with Gasteiger partial charge in [-0.3, -0.25) is 4.98 Å². The minimum absolute atomic E-state index is 0.0772. The van der Waals surface area contributed by atoms with Gasteiger partial charge in [0.25, 0.3) is 0 Å². The summed E-state index contributed by atoms with van der Waals surface area (Å²) in [5.41, 5.74) is 1.62. The molecule has 3 rings (SSSR count). The van der Waals surface area contributed by atoms with Crippen molar-refractivity contribution in [1.29, 1.82) is 0 Å². The van der Waals surface area contributed by atoms with E-state index in [9.17, 15) is 18.0 Å². The molecular formula is C18H14F3N3O. The van der Waals surface area contributed by atoms with Crippen molar-refractivity contribution in [2.24, 2.45) is 0 Å². The molecule has 25 heavy (non-hydrogen) atoms. The van der Waals surface area contributed by atoms with E-state index in [4.69, 9.17) is 0 Å². The standard InChI is InChI=1S/C18H14F3N3O/c1-10-3-4-11(2)14(9-10)16-22-15(23-17(25)24-16)12-5-7-13(8-6-12)18(19,20)21/h3-9H,1-2H3,(H,22,23,24,25). The molecule has 128 valence electrons. The Morgan fingerprint density at radius 3 is 2.28 bits per heavy atom. The molecule has 1 heterocycles. The number of aromatic nitrogens is 3. The van der Waals surface area contributed by atoms with E-state index in [1.165, 1.54) is 12.1 Å². The van der Waals surface area contributed by atoms with E-state index < -0.39 is 17.4 Å². The normalized spacial score (nSPS) is 11.6. The first kappa shape index (κ1) is 16.9. The van der Waals surface area contributed by atoms with Gasteiger partial charge >= 0.3 is 11.9 Å². The van der Waals surface area contributed by atoms with Crippen molar-refractivity contribution in [3.05, 3.63) is 69.6 Å². The third-order valence-corrected chi connectivity index (χ3v) is 3.77. The zero-order valence-corrected chi connectivity index (χ0v) is 13.5. The lowest BCUT2D eigenvalue weighted by atomic mass is 10.1. The van der Waals surface area contributed by atoms with Gasteiger partial charge in [0.05, 0.1) is 5.56 Å². The average Bonchev–Trinajstić information content (AvgIpc) is 2.56. The summed E-state index contributed by atoms with van der Waals surface area (Å²) in [6.07, 6.45) is -4.42. The number of hydrogen-bond acceptors (Lipinski definition) is 3. The largest absolute Gasteiger partial charge is 0.416 e. The number of halogens is 3. The van der Waals surface area contributed by atoms with Gasteiger partial charge in [0.2, 0.25) is 0 Å². The maximum Gasteiger partial charge on any atom is 0.416 e. The van der Waals surface area contributed by atoms with Crippen molar-refractivity contribution in [3.63, 3.8) is 0 Å². The number of aromatic amines is 1. The molecule has 0 spiro atoms. The van der Waals surface area contributed by atoms with Crippen molar-refractivity contribution < 1.29 is 13.2 Å². The Hall–Kier alpha value is -2.96. The third kappa shape index (κ3) is 3.60. The van der Waals surface area contributed by atoms with E-state index in [0.29, 0.717) is 11.4 Å². The van der Waals surface area contributed by atoms with Crippen LogP contribution in [0.2, 0.25) is 0 Å². The van der Waals surface area contributed by atoms with Crippen LogP contribution >= 0.6 is 0 Å². The van der Waals surface area contributed by atoms with Gasteiger partial charge in [-0.05, 0) is 37.6 Å². The quantitative estimate of drug-likeness (QED) is 0.760. The average molecular weight is 345 g/mol. The summed E-state index contributed by atoms with van der Waals surface area (Å²) in [7, 11) is 0. The van der Waals surface area contributed by atoms with Crippen LogP contribution in [0.25, 0.3) is 22.8 Å². The van der Waals surface area contributed by atoms with E-state index in [-0.39, 0.29) is 5.82 Å². The first-order valence-corrected chi connectivity index (χ1v) is 7.47. The van der Waals surface area contributed by atoms with E-state index in [1.807, 2.05) is 32.0 Å². The summed E-state index contributed by atoms with van der Waals surface area (Å²) in [4.78, 5) is 22.6. The predicted molar refractivity (Wildman–Crippen MR) is 88.0 cm³/mol. The number of nitrogens with one attached hydrogen (secondary N) is 1. The smallest absolute Gasteiger partial charge is 0.290 e. The fraction of sp³-hybridized carbons (Fsp3) is 0.167. The second-order valence-corrected chi connectivity index (χ2v) is 5.72. The lowest BCUT2D eigenvalue weighted by Crippen LogP contribution is -2.15. The molecule has 3 aromatic rings. The highest BCUT2D eigenvalue weighted by Crippen LogP contribution is 2.30. The van der Waals surface area contributed by atoms with Crippen molar-refractivity contribution >= 4 is 0 Å². The second-order valence-electron chi connectivity index (χ2n) is 5.72. The lowest BCUT2D eigenvalue weighted by Gasteiger charge is -2.09. The first-order chi connectivity index (χ1) is 11.7. The van der Waals surface area contributed by atoms with Crippen LogP contribution in [0.5, 0.6) is 0 Å². The van der Waals surface area contributed by atoms with Gasteiger partial charge in [0.15, 0.2) is 5.82 Å². The molecule has 1 N–H and O–H groups in total. The van der Waals surface area contributed by atoms with Gasteiger partial charge in [-0.15, -0.1) is 0 Å². The minimum Gasteiger partial charge on any atom is -0.290 e. The van der Waals surface area contributed by atoms with E-state index in [2.05, 4.69) is 15.0 Å². The predicted octanol–water partition coefficient (Wildman–Crippen LogP) is 4.13. The van der Waals surface area contributed by atoms with Crippen molar-refractivity contribution in [2.45, 2.75) is 20.0 Å². The van der Waals surface area contributed by atoms with Crippen LogP contribution in [0, 0.1) is 13.8 Å². The zero-order chi connectivity index (χ0) is 18.2. The molecule has 2 aromatic carbocycles. The Morgan fingerprint density at radius 2 is 1.64 bits per heavy atom. The molecule has 0 fully saturated rings. The summed E-state index contributed by atoms with van der Waals surface area (Å²) in [5, 5.41) is 0. The summed E-state index contributed by atoms with van der Waals surface area (Å²) >= 11 is 0. The SMILES string of the molecule is Cc1ccc(C)c(-c2nc(-c3ccc(C(F)(F)F)cc3)nc(=O)[nH]2)c1. The number of rotatable bonds is 2. The summed E-state index contributed by atoms with van der Waals surface area (Å²) in [6, 6.07) is 10.1. The molecule has 0 aliphatic heterocycles. The number of alkyl halides is 3. The summed E-state index contributed by atoms with van der Waals surface area (Å²) in [6.45, 7) is 3.80. The first-order valence-electron chi connectivity index (χ1n) is 7.47. The monoisotopic (exact) mass is 345 g/mol. The van der Waals surface area contributed by atoms with Gasteiger partial charge < -0.3 is 0 Å². The number of benzene rings is 2. The lowest BCUT2D eigenvalue weighted by molar-refractivity contribution is -0.137. The molecule has 7 heteroatoms. The minimum atomic E-state index is -4.42. The van der Waals surface area contributed by atoms with Crippen LogP contribution in [-0.4, -0.2) is 15.0 Å². The van der Waals surface area contributed by atoms with Gasteiger partial charge in [-0.2, -0.15) is 18.2 Å². The van der Waals surface area contributed by atoms with Gasteiger partial charge in [-0.25, -0.2) is 9.78 Å². The topological polar surface area (TPSA) is 58.6 Å². The van der Waals surface area contributed by atoms with Crippen LogP contribution < -0.4 is 5.69 Å². The molecule has 0 bridgehead atoms. The second kappa shape index (κ2) is 6.16. The summed E-state index contributed by atoms with van der Waals surface area (Å²) in [5.74, 6) is 0.407. The Labute approximate surface area is 141 Å². The van der Waals surface area contributed by atoms with Crippen molar-refractivity contribution in [3.8, 4) is 22.8 Å². The Morgan fingerprint density at radius 1 is 0.960 bits per heavy atom. The Bertz CT molecular complexity index is 976. The van der Waals surface area contributed by atoms with Gasteiger partial charge in [0, 0.05) is 11.1 Å². The number of nitrogens with zero attached hydrogens (tertiary/aromatic N) is 2. The van der Waals surface area contributed by atoms with Crippen LogP contribution in [0.4, 0.5) is 13.2 Å². The maximum absolute atomic E-state index is 12.7. The molecule has 0 atom stereocenters. The highest BCUT2D eigenvalue weighted by molar-refractivity contribution is 5.64. The molecule has 0 radical (unpaired) electrons. The van der Waals surface area contributed by atoms with Crippen molar-refractivity contribution in [2.75, 3.05) is 0 Å². The zero-order valence-electron chi connectivity index (χ0n) is 13.5. The fourth-order valence-electron chi connectivity index (χ4n) is 2.44. The molecule has 0 saturated carbocycles. The van der Waals surface area contributed by atoms with Crippen LogP contribution in [0.1, 0.15) is 16.7 Å². The fourth-order valence-corrected chi connectivity index (χ4v) is 2.44. The molecule has 0 saturated heterocycles. The molecular weight excluding hydrogens is 331 g/mol. The number of hydrogen-bond donors (Lipinski definition) is 1. The molecule has 0 aliphatic rings. The Kier molecular flexibility index (Phi) is 4.16. The summed E-state index contributed by atoms with van der Waals surface area (Å²) < 4.78 is 38.0. The van der Waals surface area contributed by atoms with E-state index in [0.717, 1.165) is 28.8 Å². The molecule has 1 aromatic heterocycles. The van der Waals surface area contributed by atoms with Crippen LogP contribution in [0.15, 0.2) is 47.3 Å². The molecule has 0 aliphatic carbocycles. The van der Waals surface area contributed by atoms with Crippen LogP contribution in [0.3, 0.4) is 0 Å². The van der Waals surface area contributed by atoms with Gasteiger partial charge in [0.1, 0.15) is 5.82 Å². The van der Waals surface area contributed by atoms with Crippen molar-refractivity contribution in [1.82, 2.24) is 15.0 Å². The third-order valence-electron chi connectivity index (χ3n) is 3.77. The molecule has 0 amide bonds. The number of H-pyrrole nitrogens is 1. The van der Waals surface area contributed by atoms with E-state index in [1.54, 1.807) is 0 Å².